The number of hydrogen-bond acceptors (Lipinski definition) is 9. The van der Waals surface area contributed by atoms with Crippen LogP contribution >= 0.6 is 0 Å². The molecule has 2 amide bonds. The lowest BCUT2D eigenvalue weighted by molar-refractivity contribution is -0.147. The van der Waals surface area contributed by atoms with Crippen LogP contribution in [-0.2, 0) is 38.4 Å². The number of carbonyl (C=O) groups is 3. The van der Waals surface area contributed by atoms with Gasteiger partial charge >= 0.3 is 12.1 Å². The molecule has 1 fully saturated rings. The molecule has 0 bridgehead atoms. The number of nitrogens with zero attached hydrogens (tertiary/aromatic N) is 3. The third-order valence-electron chi connectivity index (χ3n) is 12.9. The molecule has 4 aromatic rings. The van der Waals surface area contributed by atoms with E-state index in [1.165, 1.54) is 5.01 Å². The maximum Gasteiger partial charge on any atom is 0.408 e. The van der Waals surface area contributed by atoms with Crippen LogP contribution in [0.3, 0.4) is 0 Å². The molecule has 4 N–H and O–H groups in total. The zero-order valence-corrected chi connectivity index (χ0v) is 42.3. The van der Waals surface area contributed by atoms with Gasteiger partial charge in [0, 0.05) is 55.9 Å². The lowest BCUT2D eigenvalue weighted by Gasteiger charge is -2.42. The molecule has 356 valence electrons. The number of pyridine rings is 1. The van der Waals surface area contributed by atoms with Crippen LogP contribution < -0.4 is 15.2 Å². The smallest absolute Gasteiger partial charge is 0.408 e. The maximum absolute atomic E-state index is 14.4. The molecule has 65 heavy (non-hydrogen) atoms. The van der Waals surface area contributed by atoms with Gasteiger partial charge in [0.25, 0.3) is 14.2 Å². The molecule has 0 spiro atoms. The summed E-state index contributed by atoms with van der Waals surface area (Å²) in [4.78, 5) is 44.7. The van der Waals surface area contributed by atoms with Crippen molar-refractivity contribution >= 4 is 37.2 Å². The predicted octanol–water partition coefficient (Wildman–Crippen LogP) is 10.2. The normalized spacial score (nSPS) is 16.0. The Hall–Kier alpha value is -4.76. The Morgan fingerprint density at radius 1 is 0.954 bits per heavy atom. The molecule has 1 saturated heterocycles. The number of hydrazine groups is 1. The molecule has 5 rings (SSSR count). The largest absolute Gasteiger partial charge is 0.543 e. The summed E-state index contributed by atoms with van der Waals surface area (Å²) in [5.41, 5.74) is 10.0. The van der Waals surface area contributed by atoms with Gasteiger partial charge in [-0.05, 0) is 135 Å². The fourth-order valence-corrected chi connectivity index (χ4v) is 15.0. The van der Waals surface area contributed by atoms with Crippen LogP contribution in [0.25, 0.3) is 33.3 Å². The van der Waals surface area contributed by atoms with Gasteiger partial charge in [-0.25, -0.2) is 10.2 Å². The fraction of sp³-hybridized carbons (Fsp3) is 0.569. The van der Waals surface area contributed by atoms with E-state index < -0.39 is 49.4 Å². The van der Waals surface area contributed by atoms with Crippen molar-refractivity contribution in [3.8, 4) is 28.1 Å². The molecule has 0 radical (unpaired) electrons. The lowest BCUT2D eigenvalue weighted by atomic mass is 9.84. The van der Waals surface area contributed by atoms with Crippen LogP contribution in [0, 0.1) is 5.41 Å². The number of alkyl carbamates (subject to hydrolysis) is 1. The number of carbonyl (C=O) groups excluding carboxylic acids is 2. The minimum Gasteiger partial charge on any atom is -0.543 e. The number of hydrogen-bond donors (Lipinski definition) is 4. The minimum atomic E-state index is -2.50. The number of carboxylic acid groups (broad SMARTS) is 1. The third kappa shape index (κ3) is 11.6. The molecule has 2 aromatic heterocycles. The van der Waals surface area contributed by atoms with E-state index in [9.17, 15) is 24.6 Å². The first-order valence-corrected chi connectivity index (χ1v) is 25.5. The highest BCUT2D eigenvalue weighted by molar-refractivity contribution is 6.78. The Balaban J connectivity index is 1.76. The van der Waals surface area contributed by atoms with Gasteiger partial charge in [-0.2, -0.15) is 0 Å². The Bertz CT molecular complexity index is 2290. The van der Waals surface area contributed by atoms with Crippen molar-refractivity contribution in [2.75, 3.05) is 20.3 Å². The number of ether oxygens (including phenoxy) is 2. The van der Waals surface area contributed by atoms with Gasteiger partial charge in [0.2, 0.25) is 0 Å². The number of aliphatic carboxylic acids is 1. The monoisotopic (exact) mass is 914 g/mol. The van der Waals surface area contributed by atoms with Crippen LogP contribution in [0.1, 0.15) is 126 Å². The molecule has 1 aliphatic rings. The summed E-state index contributed by atoms with van der Waals surface area (Å²) < 4.78 is 21.2. The quantitative estimate of drug-likeness (QED) is 0.0707. The number of carboxylic acids is 1. The van der Waals surface area contributed by atoms with Crippen molar-refractivity contribution < 1.29 is 38.5 Å². The number of aromatic nitrogens is 2. The SMILES string of the molecule is CCn1c(-c2cccnc2[C@H](C)OC)c(CC(C)(C)CO)c2cc(-c3cc(C[C@H](NC(=O)OC(C)(C)C)C(=O)N4CCC[C@@H](C(=O)O)N4)cc(O[Si](C(C)C)(C(C)C)C(C)C)c3)ccc21. The van der Waals surface area contributed by atoms with Crippen LogP contribution in [0.5, 0.6) is 5.75 Å². The van der Waals surface area contributed by atoms with Gasteiger partial charge in [0.1, 0.15) is 23.4 Å². The molecular weight excluding hydrogens is 839 g/mol. The van der Waals surface area contributed by atoms with Crippen molar-refractivity contribution in [1.82, 2.24) is 25.3 Å². The number of aliphatic hydroxyl groups excluding tert-OH is 1. The van der Waals surface area contributed by atoms with Gasteiger partial charge in [0.05, 0.1) is 17.5 Å². The number of methoxy groups -OCH3 is 1. The van der Waals surface area contributed by atoms with E-state index in [4.69, 9.17) is 18.9 Å². The average Bonchev–Trinajstić information content (AvgIpc) is 3.54. The van der Waals surface area contributed by atoms with Gasteiger partial charge in [0.15, 0.2) is 0 Å². The van der Waals surface area contributed by atoms with Gasteiger partial charge in [-0.3, -0.25) is 19.6 Å². The Morgan fingerprint density at radius 3 is 2.22 bits per heavy atom. The molecule has 0 unspecified atom stereocenters. The second-order valence-electron chi connectivity index (χ2n) is 20.5. The number of benzene rings is 2. The summed E-state index contributed by atoms with van der Waals surface area (Å²) in [5, 5.41) is 25.7. The molecule has 13 nitrogen and oxygen atoms in total. The zero-order valence-electron chi connectivity index (χ0n) is 41.3. The average molecular weight is 914 g/mol. The molecule has 3 atom stereocenters. The van der Waals surface area contributed by atoms with Crippen molar-refractivity contribution in [2.45, 2.75) is 163 Å². The van der Waals surface area contributed by atoms with Gasteiger partial charge < -0.3 is 34.0 Å². The Kier molecular flexibility index (Phi) is 16.4. The molecule has 1 aliphatic heterocycles. The highest BCUT2D eigenvalue weighted by Gasteiger charge is 2.47. The number of aliphatic hydroxyl groups is 1. The Labute approximate surface area is 387 Å². The summed E-state index contributed by atoms with van der Waals surface area (Å²) in [6, 6.07) is 14.6. The molecular formula is C51H75N5O8Si. The number of fused-ring (bicyclic) bond motifs is 1. The van der Waals surface area contributed by atoms with E-state index in [0.717, 1.165) is 50.1 Å². The standard InChI is InChI=1S/C51H75N5O8Si/c1-15-55-44-21-20-36(28-40(44)41(29-51(12,13)30-57)46(55)39-18-16-22-52-45(39)34(8)62-14)37-24-35(25-38(27-37)64-65(31(2)3,32(4)5)33(6)7)26-43(53-49(61)63-50(9,10)11)47(58)56-23-17-19-42(54-56)48(59)60/h16,18,20-22,24-25,27-28,31-34,42-43,54,57H,15,17,19,23,26,29-30H2,1-14H3,(H,53,61)(H,59,60)/t34-,42-,43-/m0/s1. The number of amides is 2. The molecule has 3 heterocycles. The van der Waals surface area contributed by atoms with E-state index in [1.807, 2.05) is 25.1 Å². The van der Waals surface area contributed by atoms with Crippen molar-refractivity contribution in [3.05, 3.63) is 71.5 Å². The van der Waals surface area contributed by atoms with Crippen molar-refractivity contribution in [1.29, 1.82) is 0 Å². The van der Waals surface area contributed by atoms with E-state index >= 15 is 0 Å². The maximum atomic E-state index is 14.4. The molecule has 0 saturated carbocycles. The predicted molar refractivity (Wildman–Crippen MR) is 260 cm³/mol. The highest BCUT2D eigenvalue weighted by Crippen LogP contribution is 2.45. The van der Waals surface area contributed by atoms with Gasteiger partial charge in [-0.15, -0.1) is 0 Å². The summed E-state index contributed by atoms with van der Waals surface area (Å²) >= 11 is 0. The lowest BCUT2D eigenvalue weighted by Crippen LogP contribution is -2.60. The first-order chi connectivity index (χ1) is 30.5. The van der Waals surface area contributed by atoms with Crippen LogP contribution in [0.4, 0.5) is 4.79 Å². The number of rotatable bonds is 18. The van der Waals surface area contributed by atoms with Crippen molar-refractivity contribution in [3.63, 3.8) is 0 Å². The molecule has 14 heteroatoms. The van der Waals surface area contributed by atoms with Crippen LogP contribution in [-0.4, -0.2) is 89.0 Å². The topological polar surface area (TPSA) is 164 Å². The zero-order chi connectivity index (χ0) is 48.2. The van der Waals surface area contributed by atoms with Gasteiger partial charge in [-0.1, -0.05) is 67.5 Å². The van der Waals surface area contributed by atoms with Crippen LogP contribution in [0.2, 0.25) is 16.6 Å². The van der Waals surface area contributed by atoms with E-state index in [-0.39, 0.29) is 42.3 Å². The Morgan fingerprint density at radius 2 is 1.63 bits per heavy atom. The summed E-state index contributed by atoms with van der Waals surface area (Å²) in [5.74, 6) is -0.824. The number of nitrogens with one attached hydrogen (secondary N) is 2. The molecule has 0 aliphatic carbocycles. The third-order valence-corrected chi connectivity index (χ3v) is 18.9. The number of aryl methyl sites for hydroxylation is 1. The fourth-order valence-electron chi connectivity index (χ4n) is 9.77. The molecule has 2 aromatic carbocycles. The minimum absolute atomic E-state index is 0.00360. The summed E-state index contributed by atoms with van der Waals surface area (Å²) in [6.45, 7) is 28.0. The first-order valence-electron chi connectivity index (χ1n) is 23.3. The van der Waals surface area contributed by atoms with Crippen LogP contribution in [0.15, 0.2) is 54.7 Å². The van der Waals surface area contributed by atoms with E-state index in [2.05, 4.69) is 108 Å². The van der Waals surface area contributed by atoms with Crippen molar-refractivity contribution in [2.24, 2.45) is 5.41 Å². The summed E-state index contributed by atoms with van der Waals surface area (Å²) in [6.07, 6.45) is 2.32. The first kappa shape index (κ1) is 51.2. The summed E-state index contributed by atoms with van der Waals surface area (Å²) in [7, 11) is -0.809. The van der Waals surface area contributed by atoms with E-state index in [0.29, 0.717) is 31.6 Å². The van der Waals surface area contributed by atoms with E-state index in [1.54, 1.807) is 34.1 Å². The second-order valence-corrected chi connectivity index (χ2v) is 25.8. The highest BCUT2D eigenvalue weighted by atomic mass is 28.4. The second kappa shape index (κ2) is 20.8.